The smallest absolute Gasteiger partial charge is 0.0950 e. The molecule has 0 radical (unpaired) electrons. The van der Waals surface area contributed by atoms with Crippen LogP contribution in [0, 0.1) is 0 Å². The standard InChI is InChI=1S/C7H11NO2/c8-7(1-3-9)6-2-4-10-5-6/h2,4-5,7,9H,1,3,8H2/t7-/m1/s1. The van der Waals surface area contributed by atoms with Crippen molar-refractivity contribution in [1.29, 1.82) is 0 Å². The molecule has 0 fully saturated rings. The zero-order chi connectivity index (χ0) is 7.40. The normalized spacial score (nSPS) is 13.4. The van der Waals surface area contributed by atoms with Gasteiger partial charge in [0.05, 0.1) is 12.5 Å². The average molecular weight is 141 g/mol. The highest BCUT2D eigenvalue weighted by Gasteiger charge is 2.04. The summed E-state index contributed by atoms with van der Waals surface area (Å²) in [5.74, 6) is 0. The third-order valence-corrected chi connectivity index (χ3v) is 1.41. The Morgan fingerprint density at radius 1 is 1.70 bits per heavy atom. The maximum Gasteiger partial charge on any atom is 0.0950 e. The second kappa shape index (κ2) is 3.39. The van der Waals surface area contributed by atoms with Gasteiger partial charge in [0.2, 0.25) is 0 Å². The number of aliphatic hydroxyl groups is 1. The molecule has 0 aliphatic rings. The van der Waals surface area contributed by atoms with Crippen LogP contribution >= 0.6 is 0 Å². The minimum Gasteiger partial charge on any atom is -0.472 e. The number of hydrogen-bond donors (Lipinski definition) is 2. The first-order valence-electron chi connectivity index (χ1n) is 3.23. The third kappa shape index (κ3) is 1.59. The molecule has 3 heteroatoms. The highest BCUT2D eigenvalue weighted by Crippen LogP contribution is 2.12. The molecular weight excluding hydrogens is 130 g/mol. The van der Waals surface area contributed by atoms with Crippen LogP contribution in [0.3, 0.4) is 0 Å². The van der Waals surface area contributed by atoms with E-state index in [4.69, 9.17) is 15.3 Å². The van der Waals surface area contributed by atoms with E-state index in [0.29, 0.717) is 6.42 Å². The third-order valence-electron chi connectivity index (χ3n) is 1.41. The highest BCUT2D eigenvalue weighted by atomic mass is 16.3. The summed E-state index contributed by atoms with van der Waals surface area (Å²) in [6.45, 7) is 0.117. The Balaban J connectivity index is 2.50. The first-order chi connectivity index (χ1) is 4.84. The van der Waals surface area contributed by atoms with E-state index in [1.807, 2.05) is 0 Å². The van der Waals surface area contributed by atoms with Gasteiger partial charge in [0, 0.05) is 18.2 Å². The Morgan fingerprint density at radius 3 is 3.00 bits per heavy atom. The van der Waals surface area contributed by atoms with Crippen LogP contribution in [0.2, 0.25) is 0 Å². The summed E-state index contributed by atoms with van der Waals surface area (Å²) in [7, 11) is 0. The molecule has 1 heterocycles. The molecule has 56 valence electrons. The van der Waals surface area contributed by atoms with Crippen LogP contribution in [0.15, 0.2) is 23.0 Å². The van der Waals surface area contributed by atoms with Gasteiger partial charge in [-0.15, -0.1) is 0 Å². The Hall–Kier alpha value is -0.800. The van der Waals surface area contributed by atoms with E-state index in [0.717, 1.165) is 5.56 Å². The molecule has 0 bridgehead atoms. The lowest BCUT2D eigenvalue weighted by Crippen LogP contribution is -2.10. The fraction of sp³-hybridized carbons (Fsp3) is 0.429. The van der Waals surface area contributed by atoms with E-state index in [1.54, 1.807) is 18.6 Å². The number of rotatable bonds is 3. The van der Waals surface area contributed by atoms with Crippen LogP contribution in [-0.2, 0) is 0 Å². The second-order valence-corrected chi connectivity index (χ2v) is 2.18. The molecule has 0 aromatic carbocycles. The molecule has 0 spiro atoms. The Kier molecular flexibility index (Phi) is 2.48. The van der Waals surface area contributed by atoms with E-state index in [2.05, 4.69) is 0 Å². The maximum atomic E-state index is 8.52. The van der Waals surface area contributed by atoms with Crippen molar-refractivity contribution in [1.82, 2.24) is 0 Å². The molecule has 1 aromatic rings. The van der Waals surface area contributed by atoms with Crippen molar-refractivity contribution in [2.24, 2.45) is 5.73 Å². The van der Waals surface area contributed by atoms with Crippen molar-refractivity contribution in [3.05, 3.63) is 24.2 Å². The molecule has 3 N–H and O–H groups in total. The van der Waals surface area contributed by atoms with Crippen LogP contribution < -0.4 is 5.73 Å². The van der Waals surface area contributed by atoms with Crippen molar-refractivity contribution < 1.29 is 9.52 Å². The minimum atomic E-state index is -0.0938. The number of hydrogen-bond acceptors (Lipinski definition) is 3. The predicted octanol–water partition coefficient (Wildman–Crippen LogP) is 0.662. The van der Waals surface area contributed by atoms with Crippen molar-refractivity contribution >= 4 is 0 Å². The van der Waals surface area contributed by atoms with Gasteiger partial charge < -0.3 is 15.3 Å². The van der Waals surface area contributed by atoms with Crippen LogP contribution in [0.5, 0.6) is 0 Å². The fourth-order valence-electron chi connectivity index (χ4n) is 0.792. The summed E-state index contributed by atoms with van der Waals surface area (Å²) in [4.78, 5) is 0. The van der Waals surface area contributed by atoms with Gasteiger partial charge in [-0.3, -0.25) is 0 Å². The summed E-state index contributed by atoms with van der Waals surface area (Å²) in [5.41, 5.74) is 6.57. The summed E-state index contributed by atoms with van der Waals surface area (Å²) < 4.78 is 4.82. The second-order valence-electron chi connectivity index (χ2n) is 2.18. The number of furan rings is 1. The lowest BCUT2D eigenvalue weighted by molar-refractivity contribution is 0.276. The van der Waals surface area contributed by atoms with Gasteiger partial charge in [-0.05, 0) is 12.5 Å². The van der Waals surface area contributed by atoms with Crippen molar-refractivity contribution in [2.45, 2.75) is 12.5 Å². The average Bonchev–Trinajstić information content (AvgIpc) is 2.38. The Bertz CT molecular complexity index is 172. The summed E-state index contributed by atoms with van der Waals surface area (Å²) in [6.07, 6.45) is 3.76. The van der Waals surface area contributed by atoms with E-state index in [-0.39, 0.29) is 12.6 Å². The highest BCUT2D eigenvalue weighted by molar-refractivity contribution is 5.10. The van der Waals surface area contributed by atoms with Crippen LogP contribution in [-0.4, -0.2) is 11.7 Å². The first kappa shape index (κ1) is 7.31. The van der Waals surface area contributed by atoms with Gasteiger partial charge in [-0.1, -0.05) is 0 Å². The first-order valence-corrected chi connectivity index (χ1v) is 3.23. The molecule has 10 heavy (non-hydrogen) atoms. The van der Waals surface area contributed by atoms with Crippen LogP contribution in [0.1, 0.15) is 18.0 Å². The SMILES string of the molecule is N[C@H](CCO)c1ccoc1. The maximum absolute atomic E-state index is 8.52. The van der Waals surface area contributed by atoms with Crippen LogP contribution in [0.25, 0.3) is 0 Å². The molecule has 0 aliphatic heterocycles. The fourth-order valence-corrected chi connectivity index (χ4v) is 0.792. The Labute approximate surface area is 59.5 Å². The van der Waals surface area contributed by atoms with E-state index >= 15 is 0 Å². The largest absolute Gasteiger partial charge is 0.472 e. The topological polar surface area (TPSA) is 59.4 Å². The molecule has 3 nitrogen and oxygen atoms in total. The van der Waals surface area contributed by atoms with Crippen molar-refractivity contribution in [2.75, 3.05) is 6.61 Å². The summed E-state index contributed by atoms with van der Waals surface area (Å²) >= 11 is 0. The zero-order valence-corrected chi connectivity index (χ0v) is 5.66. The van der Waals surface area contributed by atoms with Gasteiger partial charge in [-0.2, -0.15) is 0 Å². The predicted molar refractivity (Wildman–Crippen MR) is 37.3 cm³/mol. The van der Waals surface area contributed by atoms with E-state index in [1.165, 1.54) is 0 Å². The van der Waals surface area contributed by atoms with Gasteiger partial charge in [-0.25, -0.2) is 0 Å². The van der Waals surface area contributed by atoms with Crippen molar-refractivity contribution in [3.63, 3.8) is 0 Å². The van der Waals surface area contributed by atoms with Crippen LogP contribution in [0.4, 0.5) is 0 Å². The van der Waals surface area contributed by atoms with Gasteiger partial charge >= 0.3 is 0 Å². The quantitative estimate of drug-likeness (QED) is 0.650. The molecule has 0 saturated heterocycles. The monoisotopic (exact) mass is 141 g/mol. The molecule has 1 rings (SSSR count). The lowest BCUT2D eigenvalue weighted by Gasteiger charge is -2.04. The molecule has 0 amide bonds. The summed E-state index contributed by atoms with van der Waals surface area (Å²) in [5, 5.41) is 8.52. The molecule has 0 unspecified atom stereocenters. The van der Waals surface area contributed by atoms with Gasteiger partial charge in [0.25, 0.3) is 0 Å². The zero-order valence-electron chi connectivity index (χ0n) is 5.66. The molecule has 1 aromatic heterocycles. The lowest BCUT2D eigenvalue weighted by atomic mass is 10.1. The van der Waals surface area contributed by atoms with E-state index < -0.39 is 0 Å². The Morgan fingerprint density at radius 2 is 2.50 bits per heavy atom. The van der Waals surface area contributed by atoms with Crippen molar-refractivity contribution in [3.8, 4) is 0 Å². The van der Waals surface area contributed by atoms with Gasteiger partial charge in [0.15, 0.2) is 0 Å². The summed E-state index contributed by atoms with van der Waals surface area (Å²) in [6, 6.07) is 1.71. The van der Waals surface area contributed by atoms with E-state index in [9.17, 15) is 0 Å². The minimum absolute atomic E-state index is 0.0938. The molecule has 0 aliphatic carbocycles. The number of aliphatic hydroxyl groups excluding tert-OH is 1. The number of nitrogens with two attached hydrogens (primary N) is 1. The van der Waals surface area contributed by atoms with Gasteiger partial charge in [0.1, 0.15) is 0 Å². The molecular formula is C7H11NO2. The molecule has 0 saturated carbocycles. The molecule has 1 atom stereocenters.